The van der Waals surface area contributed by atoms with Gasteiger partial charge in [0.1, 0.15) is 11.4 Å². The highest BCUT2D eigenvalue weighted by Crippen LogP contribution is 2.32. The molecule has 4 rings (SSSR count). The topological polar surface area (TPSA) is 43.0 Å². The van der Waals surface area contributed by atoms with Crippen molar-refractivity contribution in [3.8, 4) is 0 Å². The van der Waals surface area contributed by atoms with Gasteiger partial charge in [-0.2, -0.15) is 0 Å². The normalized spacial score (nSPS) is 16.6. The largest absolute Gasteiger partial charge is 0.467 e. The fourth-order valence-corrected chi connectivity index (χ4v) is 3.30. The lowest BCUT2D eigenvalue weighted by molar-refractivity contribution is 0.460. The van der Waals surface area contributed by atoms with Crippen LogP contribution in [0.15, 0.2) is 47.3 Å². The first-order chi connectivity index (χ1) is 10.4. The van der Waals surface area contributed by atoms with Crippen molar-refractivity contribution in [1.82, 2.24) is 14.9 Å². The summed E-state index contributed by atoms with van der Waals surface area (Å²) < 4.78 is 7.70. The van der Waals surface area contributed by atoms with E-state index < -0.39 is 0 Å². The van der Waals surface area contributed by atoms with Crippen LogP contribution in [-0.4, -0.2) is 22.6 Å². The maximum Gasteiger partial charge on any atom is 0.140 e. The van der Waals surface area contributed by atoms with Crippen LogP contribution in [0.5, 0.6) is 0 Å². The highest BCUT2D eigenvalue weighted by atomic mass is 16.3. The lowest BCUT2D eigenvalue weighted by atomic mass is 9.90. The molecule has 4 nitrogen and oxygen atoms in total. The zero-order valence-electron chi connectivity index (χ0n) is 12.0. The molecule has 0 amide bonds. The highest BCUT2D eigenvalue weighted by Gasteiger charge is 2.20. The second-order valence-electron chi connectivity index (χ2n) is 5.69. The van der Waals surface area contributed by atoms with Gasteiger partial charge in [-0.05, 0) is 61.7 Å². The minimum atomic E-state index is 0.635. The van der Waals surface area contributed by atoms with Crippen molar-refractivity contribution < 1.29 is 4.42 Å². The lowest BCUT2D eigenvalue weighted by Crippen LogP contribution is -2.26. The van der Waals surface area contributed by atoms with Gasteiger partial charge in [0, 0.05) is 17.8 Å². The minimum absolute atomic E-state index is 0.635. The van der Waals surface area contributed by atoms with Gasteiger partial charge in [-0.25, -0.2) is 4.98 Å². The van der Waals surface area contributed by atoms with Crippen molar-refractivity contribution in [3.63, 3.8) is 0 Å². The number of aromatic nitrogens is 2. The number of fused-ring (bicyclic) bond motifs is 1. The summed E-state index contributed by atoms with van der Waals surface area (Å²) in [7, 11) is 0. The quantitative estimate of drug-likeness (QED) is 0.802. The number of rotatable bonds is 3. The van der Waals surface area contributed by atoms with Gasteiger partial charge in [-0.1, -0.05) is 0 Å². The molecule has 4 heteroatoms. The van der Waals surface area contributed by atoms with Crippen LogP contribution >= 0.6 is 0 Å². The average molecular weight is 281 g/mol. The van der Waals surface area contributed by atoms with Gasteiger partial charge in [0.05, 0.1) is 12.8 Å². The molecule has 1 aliphatic heterocycles. The summed E-state index contributed by atoms with van der Waals surface area (Å²) in [5, 5.41) is 4.73. The molecule has 1 saturated heterocycles. The third-order valence-electron chi connectivity index (χ3n) is 4.35. The smallest absolute Gasteiger partial charge is 0.140 e. The number of nitrogens with zero attached hydrogens (tertiary/aromatic N) is 2. The first-order valence-corrected chi connectivity index (χ1v) is 7.58. The summed E-state index contributed by atoms with van der Waals surface area (Å²) in [6.45, 7) is 2.96. The molecule has 0 aromatic carbocycles. The number of hydrogen-bond acceptors (Lipinski definition) is 3. The van der Waals surface area contributed by atoms with Crippen LogP contribution in [0.3, 0.4) is 0 Å². The van der Waals surface area contributed by atoms with Gasteiger partial charge in [-0.15, -0.1) is 0 Å². The first kappa shape index (κ1) is 12.7. The van der Waals surface area contributed by atoms with E-state index in [1.807, 2.05) is 24.4 Å². The van der Waals surface area contributed by atoms with Gasteiger partial charge in [0.15, 0.2) is 0 Å². The molecular formula is C17H19N3O. The Morgan fingerprint density at radius 1 is 1.24 bits per heavy atom. The molecule has 3 aromatic heterocycles. The van der Waals surface area contributed by atoms with E-state index in [2.05, 4.69) is 27.1 Å². The molecule has 4 heterocycles. The second kappa shape index (κ2) is 5.37. The Hall–Kier alpha value is -2.07. The fraction of sp³-hybridized carbons (Fsp3) is 0.353. The van der Waals surface area contributed by atoms with Gasteiger partial charge < -0.3 is 14.3 Å². The van der Waals surface area contributed by atoms with Crippen LogP contribution in [0.2, 0.25) is 0 Å². The van der Waals surface area contributed by atoms with Crippen LogP contribution < -0.4 is 5.32 Å². The molecular weight excluding hydrogens is 262 g/mol. The van der Waals surface area contributed by atoms with E-state index in [0.29, 0.717) is 5.92 Å². The maximum atomic E-state index is 5.48. The fourth-order valence-electron chi connectivity index (χ4n) is 3.30. The van der Waals surface area contributed by atoms with E-state index in [9.17, 15) is 0 Å². The standard InChI is InChI=1S/C17H19N3O/c1-4-15-16(13-5-8-18-9-6-13)12-20(17(15)19-7-1)11-14-3-2-10-21-14/h1-4,7,10,12-13,18H,5-6,8-9,11H2. The van der Waals surface area contributed by atoms with Crippen LogP contribution in [0.1, 0.15) is 30.1 Å². The zero-order chi connectivity index (χ0) is 14.1. The number of furan rings is 1. The average Bonchev–Trinajstić information content (AvgIpc) is 3.17. The summed E-state index contributed by atoms with van der Waals surface area (Å²) in [5.41, 5.74) is 2.49. The summed E-state index contributed by atoms with van der Waals surface area (Å²) in [4.78, 5) is 4.58. The molecule has 1 aliphatic rings. The Kier molecular flexibility index (Phi) is 3.24. The third kappa shape index (κ3) is 2.36. The van der Waals surface area contributed by atoms with Crippen LogP contribution in [0.25, 0.3) is 11.0 Å². The number of nitrogens with one attached hydrogen (secondary N) is 1. The molecule has 0 bridgehead atoms. The maximum absolute atomic E-state index is 5.48. The molecule has 0 unspecified atom stereocenters. The van der Waals surface area contributed by atoms with E-state index in [-0.39, 0.29) is 0 Å². The highest BCUT2D eigenvalue weighted by molar-refractivity contribution is 5.81. The van der Waals surface area contributed by atoms with Crippen molar-refractivity contribution in [1.29, 1.82) is 0 Å². The number of pyridine rings is 1. The number of hydrogen-bond donors (Lipinski definition) is 1. The van der Waals surface area contributed by atoms with Crippen LogP contribution in [0, 0.1) is 0 Å². The molecule has 108 valence electrons. The zero-order valence-corrected chi connectivity index (χ0v) is 12.0. The van der Waals surface area contributed by atoms with Gasteiger partial charge in [0.25, 0.3) is 0 Å². The molecule has 0 aliphatic carbocycles. The Bertz CT molecular complexity index is 724. The van der Waals surface area contributed by atoms with E-state index in [4.69, 9.17) is 4.42 Å². The number of piperidine rings is 1. The minimum Gasteiger partial charge on any atom is -0.467 e. The Morgan fingerprint density at radius 3 is 2.95 bits per heavy atom. The predicted molar refractivity (Wildman–Crippen MR) is 82.4 cm³/mol. The predicted octanol–water partition coefficient (Wildman–Crippen LogP) is 3.14. The summed E-state index contributed by atoms with van der Waals surface area (Å²) in [6, 6.07) is 8.17. The first-order valence-electron chi connectivity index (χ1n) is 7.58. The van der Waals surface area contributed by atoms with Crippen molar-refractivity contribution >= 4 is 11.0 Å². The van der Waals surface area contributed by atoms with Crippen molar-refractivity contribution in [2.75, 3.05) is 13.1 Å². The monoisotopic (exact) mass is 281 g/mol. The van der Waals surface area contributed by atoms with Crippen molar-refractivity contribution in [3.05, 3.63) is 54.2 Å². The van der Waals surface area contributed by atoms with Crippen LogP contribution in [-0.2, 0) is 6.54 Å². The molecule has 3 aromatic rings. The molecule has 1 N–H and O–H groups in total. The Labute approximate surface area is 123 Å². The summed E-state index contributed by atoms with van der Waals surface area (Å²) >= 11 is 0. The molecule has 0 saturated carbocycles. The molecule has 1 fully saturated rings. The van der Waals surface area contributed by atoms with Gasteiger partial charge in [0.2, 0.25) is 0 Å². The molecule has 0 atom stereocenters. The van der Waals surface area contributed by atoms with Crippen molar-refractivity contribution in [2.45, 2.75) is 25.3 Å². The molecule has 0 radical (unpaired) electrons. The Balaban J connectivity index is 1.76. The SMILES string of the molecule is c1coc(Cn2cc(C3CCNCC3)c3cccnc32)c1. The lowest BCUT2D eigenvalue weighted by Gasteiger charge is -2.22. The summed E-state index contributed by atoms with van der Waals surface area (Å²) in [5.74, 6) is 1.60. The Morgan fingerprint density at radius 2 is 2.14 bits per heavy atom. The molecule has 21 heavy (non-hydrogen) atoms. The molecule has 0 spiro atoms. The summed E-state index contributed by atoms with van der Waals surface area (Å²) in [6.07, 6.45) is 8.27. The van der Waals surface area contributed by atoms with Gasteiger partial charge in [-0.3, -0.25) is 0 Å². The van der Waals surface area contributed by atoms with E-state index >= 15 is 0 Å². The third-order valence-corrected chi connectivity index (χ3v) is 4.35. The van der Waals surface area contributed by atoms with Crippen molar-refractivity contribution in [2.24, 2.45) is 0 Å². The van der Waals surface area contributed by atoms with Crippen LogP contribution in [0.4, 0.5) is 0 Å². The van der Waals surface area contributed by atoms with E-state index in [1.165, 1.54) is 23.8 Å². The van der Waals surface area contributed by atoms with Gasteiger partial charge >= 0.3 is 0 Å². The van der Waals surface area contributed by atoms with E-state index in [0.717, 1.165) is 31.0 Å². The second-order valence-corrected chi connectivity index (χ2v) is 5.69. The van der Waals surface area contributed by atoms with E-state index in [1.54, 1.807) is 6.26 Å².